The number of anilines is 2. The molecule has 2 aromatic rings. The summed E-state index contributed by atoms with van der Waals surface area (Å²) in [5, 5.41) is 8.49. The maximum absolute atomic E-state index is 11.9. The molecule has 1 aliphatic carbocycles. The lowest BCUT2D eigenvalue weighted by atomic mass is 9.86. The second-order valence-corrected chi connectivity index (χ2v) is 10.4. The minimum atomic E-state index is 0.352. The van der Waals surface area contributed by atoms with E-state index in [9.17, 15) is 4.79 Å². The van der Waals surface area contributed by atoms with Gasteiger partial charge in [-0.1, -0.05) is 26.2 Å². The summed E-state index contributed by atoms with van der Waals surface area (Å²) >= 11 is 0. The van der Waals surface area contributed by atoms with Crippen LogP contribution in [0.1, 0.15) is 89.7 Å². The SMILES string of the molecule is CCCCC[C@H](C)Nc1ncc2c(N3CCC(N(C)C)CC3)cc(C3CCC(=O)CC3)n2n1. The number of piperidine rings is 1. The number of hydrogen-bond donors (Lipinski definition) is 1. The largest absolute Gasteiger partial charge is 0.370 e. The Morgan fingerprint density at radius 1 is 1.15 bits per heavy atom. The minimum absolute atomic E-state index is 0.352. The van der Waals surface area contributed by atoms with Gasteiger partial charge in [0.2, 0.25) is 5.95 Å². The average molecular weight is 455 g/mol. The highest BCUT2D eigenvalue weighted by Gasteiger charge is 2.28. The van der Waals surface area contributed by atoms with Gasteiger partial charge >= 0.3 is 0 Å². The number of unbranched alkanes of at least 4 members (excludes halogenated alkanes) is 2. The van der Waals surface area contributed by atoms with Crippen molar-refractivity contribution in [2.75, 3.05) is 37.4 Å². The van der Waals surface area contributed by atoms with Crippen LogP contribution in [0, 0.1) is 0 Å². The maximum Gasteiger partial charge on any atom is 0.241 e. The van der Waals surface area contributed by atoms with Crippen LogP contribution in [-0.4, -0.2) is 64.5 Å². The fraction of sp³-hybridized carbons (Fsp3) is 0.731. The lowest BCUT2D eigenvalue weighted by Crippen LogP contribution is -2.41. The molecule has 4 rings (SSSR count). The molecule has 2 fully saturated rings. The summed E-state index contributed by atoms with van der Waals surface area (Å²) in [6, 6.07) is 3.35. The number of carbonyl (C=O) groups excluding carboxylic acids is 1. The van der Waals surface area contributed by atoms with Crippen molar-refractivity contribution in [3.63, 3.8) is 0 Å². The van der Waals surface area contributed by atoms with Crippen LogP contribution in [-0.2, 0) is 4.79 Å². The number of Topliss-reactive ketones (excluding diaryl/α,β-unsaturated/α-hetero) is 1. The van der Waals surface area contributed by atoms with Gasteiger partial charge in [-0.3, -0.25) is 4.79 Å². The normalized spacial score (nSPS) is 19.5. The molecule has 1 N–H and O–H groups in total. The van der Waals surface area contributed by atoms with Crippen molar-refractivity contribution in [3.05, 3.63) is 18.0 Å². The Morgan fingerprint density at radius 3 is 2.55 bits per heavy atom. The Hall–Kier alpha value is -2.15. The summed E-state index contributed by atoms with van der Waals surface area (Å²) in [5.41, 5.74) is 3.59. The third-order valence-electron chi connectivity index (χ3n) is 7.64. The Morgan fingerprint density at radius 2 is 1.88 bits per heavy atom. The molecule has 0 spiro atoms. The zero-order valence-electron chi connectivity index (χ0n) is 21.0. The lowest BCUT2D eigenvalue weighted by molar-refractivity contribution is -0.120. The molecule has 1 saturated carbocycles. The van der Waals surface area contributed by atoms with Crippen molar-refractivity contribution in [2.45, 2.75) is 96.1 Å². The van der Waals surface area contributed by atoms with Gasteiger partial charge in [0.15, 0.2) is 0 Å². The molecule has 1 atom stereocenters. The van der Waals surface area contributed by atoms with Crippen LogP contribution in [0.15, 0.2) is 12.3 Å². The van der Waals surface area contributed by atoms with Crippen molar-refractivity contribution in [3.8, 4) is 0 Å². The molecule has 0 radical (unpaired) electrons. The third-order valence-corrected chi connectivity index (χ3v) is 7.64. The van der Waals surface area contributed by atoms with E-state index in [0.29, 0.717) is 42.6 Å². The van der Waals surface area contributed by atoms with Gasteiger partial charge in [-0.15, -0.1) is 5.10 Å². The smallest absolute Gasteiger partial charge is 0.241 e. The fourth-order valence-electron chi connectivity index (χ4n) is 5.46. The summed E-state index contributed by atoms with van der Waals surface area (Å²) in [4.78, 5) is 21.4. The first-order valence-electron chi connectivity index (χ1n) is 13.0. The van der Waals surface area contributed by atoms with E-state index in [1.54, 1.807) is 0 Å². The van der Waals surface area contributed by atoms with E-state index in [0.717, 1.165) is 37.9 Å². The van der Waals surface area contributed by atoms with Gasteiger partial charge in [0.25, 0.3) is 0 Å². The zero-order chi connectivity index (χ0) is 23.4. The van der Waals surface area contributed by atoms with Gasteiger partial charge < -0.3 is 15.1 Å². The van der Waals surface area contributed by atoms with Crippen LogP contribution < -0.4 is 10.2 Å². The molecule has 0 amide bonds. The Bertz CT molecular complexity index is 920. The molecule has 2 aliphatic rings. The lowest BCUT2D eigenvalue weighted by Gasteiger charge is -2.36. The zero-order valence-corrected chi connectivity index (χ0v) is 21.0. The Balaban J connectivity index is 1.60. The first-order chi connectivity index (χ1) is 16.0. The van der Waals surface area contributed by atoms with Gasteiger partial charge in [-0.2, -0.15) is 0 Å². The quantitative estimate of drug-likeness (QED) is 0.546. The predicted molar refractivity (Wildman–Crippen MR) is 135 cm³/mol. The number of ketones is 1. The van der Waals surface area contributed by atoms with Crippen LogP contribution in [0.2, 0.25) is 0 Å². The van der Waals surface area contributed by atoms with E-state index in [1.807, 2.05) is 6.20 Å². The molecule has 1 saturated heterocycles. The molecule has 33 heavy (non-hydrogen) atoms. The van der Waals surface area contributed by atoms with Gasteiger partial charge in [0.1, 0.15) is 11.3 Å². The van der Waals surface area contributed by atoms with Crippen LogP contribution in [0.25, 0.3) is 5.52 Å². The fourth-order valence-corrected chi connectivity index (χ4v) is 5.46. The molecule has 0 bridgehead atoms. The number of hydrogen-bond acceptors (Lipinski definition) is 6. The van der Waals surface area contributed by atoms with E-state index in [4.69, 9.17) is 10.1 Å². The van der Waals surface area contributed by atoms with Crippen LogP contribution in [0.4, 0.5) is 11.6 Å². The summed E-state index contributed by atoms with van der Waals surface area (Å²) < 4.78 is 2.13. The predicted octanol–water partition coefficient (Wildman–Crippen LogP) is 4.87. The molecule has 1 aliphatic heterocycles. The molecule has 7 nitrogen and oxygen atoms in total. The van der Waals surface area contributed by atoms with Gasteiger partial charge in [0.05, 0.1) is 11.9 Å². The van der Waals surface area contributed by atoms with Crippen LogP contribution in [0.5, 0.6) is 0 Å². The Labute approximate surface area is 198 Å². The first kappa shape index (κ1) is 24.0. The molecular formula is C26H42N6O. The van der Waals surface area contributed by atoms with Gasteiger partial charge in [0, 0.05) is 49.6 Å². The molecule has 3 heterocycles. The third kappa shape index (κ3) is 5.68. The van der Waals surface area contributed by atoms with Crippen LogP contribution in [0.3, 0.4) is 0 Å². The van der Waals surface area contributed by atoms with Crippen molar-refractivity contribution in [1.29, 1.82) is 0 Å². The summed E-state index contributed by atoms with van der Waals surface area (Å²) in [6.07, 6.45) is 12.4. The molecule has 182 valence electrons. The summed E-state index contributed by atoms with van der Waals surface area (Å²) in [7, 11) is 4.37. The highest BCUT2D eigenvalue weighted by Crippen LogP contribution is 2.37. The minimum Gasteiger partial charge on any atom is -0.370 e. The molecule has 7 heteroatoms. The van der Waals surface area contributed by atoms with E-state index in [2.05, 4.69) is 53.6 Å². The standard InChI is InChI=1S/C26H42N6O/c1-5-6-7-8-19(2)28-26-27-18-25-24(31-15-13-21(14-16-31)30(3)4)17-23(32(25)29-26)20-9-11-22(33)12-10-20/h17-21H,5-16H2,1-4H3,(H,28,29)/t19-/m0/s1. The molecular weight excluding hydrogens is 412 g/mol. The molecule has 2 aromatic heterocycles. The van der Waals surface area contributed by atoms with E-state index >= 15 is 0 Å². The maximum atomic E-state index is 11.9. The number of rotatable bonds is 9. The number of carbonyl (C=O) groups is 1. The first-order valence-corrected chi connectivity index (χ1v) is 13.0. The monoisotopic (exact) mass is 454 g/mol. The second-order valence-electron chi connectivity index (χ2n) is 10.4. The molecule has 0 unspecified atom stereocenters. The van der Waals surface area contributed by atoms with Gasteiger partial charge in [-0.05, 0) is 59.2 Å². The van der Waals surface area contributed by atoms with Crippen LogP contribution >= 0.6 is 0 Å². The van der Waals surface area contributed by atoms with E-state index in [1.165, 1.54) is 43.5 Å². The van der Waals surface area contributed by atoms with E-state index in [-0.39, 0.29) is 0 Å². The van der Waals surface area contributed by atoms with Crippen molar-refractivity contribution < 1.29 is 4.79 Å². The van der Waals surface area contributed by atoms with Crippen molar-refractivity contribution >= 4 is 22.9 Å². The average Bonchev–Trinajstić information content (AvgIpc) is 3.18. The van der Waals surface area contributed by atoms with Gasteiger partial charge in [-0.25, -0.2) is 9.50 Å². The highest BCUT2D eigenvalue weighted by atomic mass is 16.1. The number of nitrogens with one attached hydrogen (secondary N) is 1. The number of fused-ring (bicyclic) bond motifs is 1. The highest BCUT2D eigenvalue weighted by molar-refractivity contribution is 5.80. The summed E-state index contributed by atoms with van der Waals surface area (Å²) in [5.74, 6) is 1.48. The van der Waals surface area contributed by atoms with Crippen molar-refractivity contribution in [1.82, 2.24) is 19.5 Å². The second kappa shape index (κ2) is 10.9. The Kier molecular flexibility index (Phi) is 7.89. The molecule has 0 aromatic carbocycles. The van der Waals surface area contributed by atoms with Crippen molar-refractivity contribution in [2.24, 2.45) is 0 Å². The topological polar surface area (TPSA) is 65.8 Å². The number of nitrogens with zero attached hydrogens (tertiary/aromatic N) is 5. The summed E-state index contributed by atoms with van der Waals surface area (Å²) in [6.45, 7) is 6.56. The van der Waals surface area contributed by atoms with E-state index < -0.39 is 0 Å². The number of aromatic nitrogens is 3.